The standard InChI is InChI=1S/C35H47N5O5/c1-25-11-13-29-20-28(25)22-36-34(43)30(14-12-26-8-3-2-4-9-26)38-35(44)31(37-32(41)24-39-16-5-6-17-39)21-33(42)40-18-7-10-27(23-40)15-19-45-29/h2-4,8-9,11,13,20,27,30-31H,5-7,10,12,14-19,21-24H2,1H3,(H,36,43)(H,37,41)(H,38,44)/t27?,30-,31-/m0/s1. The number of fused-ring (bicyclic) bond motifs is 4. The molecule has 0 saturated carbocycles. The number of benzene rings is 2. The number of hydrogen-bond donors (Lipinski definition) is 3. The van der Waals surface area contributed by atoms with Crippen LogP contribution in [0.15, 0.2) is 48.5 Å². The van der Waals surface area contributed by atoms with E-state index in [1.165, 1.54) is 0 Å². The minimum atomic E-state index is -1.08. The minimum Gasteiger partial charge on any atom is -0.494 e. The Hall–Kier alpha value is -3.92. The SMILES string of the molecule is Cc1ccc2cc1CNC(=O)[C@H](CCc1ccccc1)NC(=O)[C@@H](NC(=O)CN1CCCC1)CC(=O)N1CCCC(CCO2)C1. The fraction of sp³-hybridized carbons (Fsp3) is 0.543. The summed E-state index contributed by atoms with van der Waals surface area (Å²) in [7, 11) is 0. The van der Waals surface area contributed by atoms with Crippen LogP contribution in [0.2, 0.25) is 0 Å². The molecule has 0 spiro atoms. The van der Waals surface area contributed by atoms with Crippen LogP contribution in [0.3, 0.4) is 0 Å². The molecule has 2 aromatic carbocycles. The third-order valence-corrected chi connectivity index (χ3v) is 9.23. The molecule has 2 saturated heterocycles. The third kappa shape index (κ3) is 9.53. The zero-order chi connectivity index (χ0) is 31.6. The highest BCUT2D eigenvalue weighted by Gasteiger charge is 2.32. The van der Waals surface area contributed by atoms with E-state index in [4.69, 9.17) is 4.74 Å². The predicted octanol–water partition coefficient (Wildman–Crippen LogP) is 2.72. The van der Waals surface area contributed by atoms with Crippen LogP contribution >= 0.6 is 0 Å². The number of likely N-dealkylation sites (tertiary alicyclic amines) is 1. The van der Waals surface area contributed by atoms with Gasteiger partial charge in [-0.3, -0.25) is 24.1 Å². The zero-order valence-electron chi connectivity index (χ0n) is 26.4. The van der Waals surface area contributed by atoms with Crippen molar-refractivity contribution in [3.63, 3.8) is 0 Å². The molecule has 0 radical (unpaired) electrons. The quantitative estimate of drug-likeness (QED) is 0.459. The molecule has 242 valence electrons. The molecule has 3 heterocycles. The first-order valence-electron chi connectivity index (χ1n) is 16.5. The highest BCUT2D eigenvalue weighted by atomic mass is 16.5. The third-order valence-electron chi connectivity index (χ3n) is 9.23. The maximum atomic E-state index is 13.9. The number of piperidine rings is 1. The van der Waals surface area contributed by atoms with Gasteiger partial charge in [0.25, 0.3) is 0 Å². The molecule has 4 bridgehead atoms. The topological polar surface area (TPSA) is 120 Å². The van der Waals surface area contributed by atoms with Gasteiger partial charge in [-0.2, -0.15) is 0 Å². The first-order chi connectivity index (χ1) is 21.8. The van der Waals surface area contributed by atoms with Crippen LogP contribution in [0.4, 0.5) is 0 Å². The van der Waals surface area contributed by atoms with Crippen molar-refractivity contribution in [1.29, 1.82) is 0 Å². The van der Waals surface area contributed by atoms with Gasteiger partial charge in [0.05, 0.1) is 19.6 Å². The number of aryl methyl sites for hydroxylation is 2. The summed E-state index contributed by atoms with van der Waals surface area (Å²) < 4.78 is 6.11. The van der Waals surface area contributed by atoms with E-state index in [9.17, 15) is 19.2 Å². The summed E-state index contributed by atoms with van der Waals surface area (Å²) >= 11 is 0. The molecule has 2 fully saturated rings. The van der Waals surface area contributed by atoms with Crippen molar-refractivity contribution in [3.05, 3.63) is 65.2 Å². The molecule has 3 aliphatic rings. The van der Waals surface area contributed by atoms with Gasteiger partial charge in [-0.1, -0.05) is 36.4 Å². The fourth-order valence-corrected chi connectivity index (χ4v) is 6.50. The van der Waals surface area contributed by atoms with E-state index < -0.39 is 18.0 Å². The van der Waals surface area contributed by atoms with E-state index in [1.54, 1.807) is 0 Å². The Kier molecular flexibility index (Phi) is 11.5. The molecule has 3 atom stereocenters. The Balaban J connectivity index is 1.38. The van der Waals surface area contributed by atoms with Crippen LogP contribution in [0, 0.1) is 12.8 Å². The van der Waals surface area contributed by atoms with E-state index >= 15 is 0 Å². The summed E-state index contributed by atoms with van der Waals surface area (Å²) in [5, 5.41) is 8.77. The van der Waals surface area contributed by atoms with Crippen molar-refractivity contribution in [2.75, 3.05) is 39.3 Å². The lowest BCUT2D eigenvalue weighted by Crippen LogP contribution is -2.56. The van der Waals surface area contributed by atoms with Crippen molar-refractivity contribution in [2.45, 2.75) is 76.9 Å². The van der Waals surface area contributed by atoms with E-state index in [2.05, 4.69) is 20.9 Å². The van der Waals surface area contributed by atoms with Gasteiger partial charge >= 0.3 is 0 Å². The van der Waals surface area contributed by atoms with Gasteiger partial charge in [0, 0.05) is 19.6 Å². The molecule has 45 heavy (non-hydrogen) atoms. The summed E-state index contributed by atoms with van der Waals surface area (Å²) in [5.41, 5.74) is 3.02. The minimum absolute atomic E-state index is 0.155. The second-order valence-corrected chi connectivity index (χ2v) is 12.7. The lowest BCUT2D eigenvalue weighted by molar-refractivity contribution is -0.138. The zero-order valence-corrected chi connectivity index (χ0v) is 26.4. The first kappa shape index (κ1) is 32.5. The summed E-state index contributed by atoms with van der Waals surface area (Å²) in [6.07, 6.45) is 5.56. The van der Waals surface area contributed by atoms with Gasteiger partial charge in [0.15, 0.2) is 0 Å². The highest BCUT2D eigenvalue weighted by molar-refractivity contribution is 5.95. The van der Waals surface area contributed by atoms with Gasteiger partial charge in [-0.25, -0.2) is 0 Å². The normalized spacial score (nSPS) is 23.7. The van der Waals surface area contributed by atoms with Gasteiger partial charge in [0.2, 0.25) is 23.6 Å². The van der Waals surface area contributed by atoms with Crippen LogP contribution in [0.5, 0.6) is 5.75 Å². The second kappa shape index (κ2) is 15.9. The largest absolute Gasteiger partial charge is 0.494 e. The van der Waals surface area contributed by atoms with Gasteiger partial charge in [-0.05, 0) is 99.7 Å². The first-order valence-corrected chi connectivity index (χ1v) is 16.5. The molecule has 10 nitrogen and oxygen atoms in total. The molecule has 5 rings (SSSR count). The highest BCUT2D eigenvalue weighted by Crippen LogP contribution is 2.23. The van der Waals surface area contributed by atoms with Crippen LogP contribution < -0.4 is 20.7 Å². The predicted molar refractivity (Wildman–Crippen MR) is 171 cm³/mol. The van der Waals surface area contributed by atoms with Crippen LogP contribution in [0.25, 0.3) is 0 Å². The van der Waals surface area contributed by atoms with Gasteiger partial charge < -0.3 is 25.6 Å². The Morgan fingerprint density at radius 3 is 2.58 bits per heavy atom. The van der Waals surface area contributed by atoms with Crippen LogP contribution in [-0.4, -0.2) is 84.8 Å². The number of nitrogens with one attached hydrogen (secondary N) is 3. The lowest BCUT2D eigenvalue weighted by atomic mass is 9.94. The van der Waals surface area contributed by atoms with Crippen molar-refractivity contribution in [1.82, 2.24) is 25.8 Å². The number of rotatable bonds is 6. The molecule has 4 amide bonds. The molecular formula is C35H47N5O5. The monoisotopic (exact) mass is 617 g/mol. The van der Waals surface area contributed by atoms with Crippen molar-refractivity contribution < 1.29 is 23.9 Å². The number of carbonyl (C=O) groups excluding carboxylic acids is 4. The Labute approximate surface area is 266 Å². The molecule has 0 aliphatic carbocycles. The molecule has 2 aromatic rings. The van der Waals surface area contributed by atoms with E-state index in [0.29, 0.717) is 38.5 Å². The molecule has 1 unspecified atom stereocenters. The molecule has 10 heteroatoms. The van der Waals surface area contributed by atoms with Crippen molar-refractivity contribution in [3.8, 4) is 5.75 Å². The van der Waals surface area contributed by atoms with E-state index in [0.717, 1.165) is 67.6 Å². The number of nitrogens with zero attached hydrogens (tertiary/aromatic N) is 2. The Morgan fingerprint density at radius 2 is 1.78 bits per heavy atom. The average Bonchev–Trinajstić information content (AvgIpc) is 3.55. The van der Waals surface area contributed by atoms with Gasteiger partial charge in [-0.15, -0.1) is 0 Å². The number of carbonyl (C=O) groups is 4. The Bertz CT molecular complexity index is 1330. The summed E-state index contributed by atoms with van der Waals surface area (Å²) in [6, 6.07) is 13.7. The summed E-state index contributed by atoms with van der Waals surface area (Å²) in [5.74, 6) is -0.259. The average molecular weight is 618 g/mol. The second-order valence-electron chi connectivity index (χ2n) is 12.7. The molecule has 3 N–H and O–H groups in total. The Morgan fingerprint density at radius 1 is 0.978 bits per heavy atom. The number of hydrogen-bond acceptors (Lipinski definition) is 6. The van der Waals surface area contributed by atoms with Crippen molar-refractivity contribution in [2.24, 2.45) is 5.92 Å². The van der Waals surface area contributed by atoms with Crippen LogP contribution in [0.1, 0.15) is 61.6 Å². The van der Waals surface area contributed by atoms with E-state index in [-0.39, 0.29) is 37.2 Å². The summed E-state index contributed by atoms with van der Waals surface area (Å²) in [6.45, 7) is 5.88. The van der Waals surface area contributed by atoms with Crippen LogP contribution in [-0.2, 0) is 32.1 Å². The number of amides is 4. The smallest absolute Gasteiger partial charge is 0.243 e. The van der Waals surface area contributed by atoms with E-state index in [1.807, 2.05) is 60.4 Å². The molecule has 0 aromatic heterocycles. The number of ether oxygens (including phenoxy) is 1. The van der Waals surface area contributed by atoms with Gasteiger partial charge in [0.1, 0.15) is 17.8 Å². The lowest BCUT2D eigenvalue weighted by Gasteiger charge is -2.34. The fourth-order valence-electron chi connectivity index (χ4n) is 6.50. The molecular weight excluding hydrogens is 570 g/mol. The maximum absolute atomic E-state index is 13.9. The summed E-state index contributed by atoms with van der Waals surface area (Å²) in [4.78, 5) is 58.0. The van der Waals surface area contributed by atoms with Crippen molar-refractivity contribution >= 4 is 23.6 Å². The molecule has 3 aliphatic heterocycles. The maximum Gasteiger partial charge on any atom is 0.243 e.